The minimum Gasteiger partial charge on any atom is -0.370 e. The van der Waals surface area contributed by atoms with Gasteiger partial charge in [0.15, 0.2) is 0 Å². The molecule has 2 rings (SSSR count). The molecule has 7 heteroatoms. The Morgan fingerprint density at radius 2 is 2.00 bits per heavy atom. The number of carbonyl (C=O) groups is 1. The summed E-state index contributed by atoms with van der Waals surface area (Å²) in [5.74, 6) is 0.607. The van der Waals surface area contributed by atoms with E-state index in [4.69, 9.17) is 0 Å². The predicted molar refractivity (Wildman–Crippen MR) is 67.3 cm³/mol. The van der Waals surface area contributed by atoms with Gasteiger partial charge in [-0.3, -0.25) is 0 Å². The van der Waals surface area contributed by atoms with Crippen molar-refractivity contribution in [3.05, 3.63) is 0 Å². The van der Waals surface area contributed by atoms with Crippen molar-refractivity contribution in [2.45, 2.75) is 44.3 Å². The normalized spacial score (nSPS) is 26.4. The maximum atomic E-state index is 12.0. The number of carbonyl (C=O) groups excluding carboxylic acids is 1. The Morgan fingerprint density at radius 1 is 1.25 bits per heavy atom. The number of hydrogen-bond donors (Lipinski definition) is 1. The summed E-state index contributed by atoms with van der Waals surface area (Å²) < 4.78 is 40.0. The summed E-state index contributed by atoms with van der Waals surface area (Å²) in [4.78, 5) is 13.9. The zero-order valence-corrected chi connectivity index (χ0v) is 11.4. The number of urea groups is 1. The number of fused-ring (bicyclic) bond motifs is 1. The van der Waals surface area contributed by atoms with Crippen molar-refractivity contribution in [3.63, 3.8) is 0 Å². The van der Waals surface area contributed by atoms with Crippen LogP contribution in [0.25, 0.3) is 0 Å². The quantitative estimate of drug-likeness (QED) is 0.810. The van der Waals surface area contributed by atoms with Crippen molar-refractivity contribution in [1.82, 2.24) is 10.2 Å². The Bertz CT molecular complexity index is 336. The summed E-state index contributed by atoms with van der Waals surface area (Å²) in [5, 5.41) is 2.65. The van der Waals surface area contributed by atoms with E-state index < -0.39 is 12.8 Å². The smallest absolute Gasteiger partial charge is 0.370 e. The highest BCUT2D eigenvalue weighted by molar-refractivity contribution is 5.74. The van der Waals surface area contributed by atoms with Crippen molar-refractivity contribution in [2.24, 2.45) is 5.92 Å². The first-order chi connectivity index (χ1) is 9.47. The lowest BCUT2D eigenvalue weighted by Crippen LogP contribution is -2.51. The molecule has 0 radical (unpaired) electrons. The van der Waals surface area contributed by atoms with Crippen LogP contribution < -0.4 is 5.32 Å². The highest BCUT2D eigenvalue weighted by atomic mass is 19.4. The first-order valence-corrected chi connectivity index (χ1v) is 7.16. The average Bonchev–Trinajstić information content (AvgIpc) is 2.84. The molecular weight excluding hydrogens is 273 g/mol. The second-order valence-electron chi connectivity index (χ2n) is 5.49. The Balaban J connectivity index is 1.67. The maximum absolute atomic E-state index is 12.0. The molecule has 1 heterocycles. The van der Waals surface area contributed by atoms with Crippen LogP contribution in [0.2, 0.25) is 0 Å². The van der Waals surface area contributed by atoms with Crippen molar-refractivity contribution in [2.75, 3.05) is 26.3 Å². The van der Waals surface area contributed by atoms with Crippen LogP contribution >= 0.6 is 0 Å². The SMILES string of the molecule is O=C(NCCOCC(F)(F)F)N1CCC[C@H]2CCC[C@@H]21. The second-order valence-corrected chi connectivity index (χ2v) is 5.49. The van der Waals surface area contributed by atoms with Crippen molar-refractivity contribution in [1.29, 1.82) is 0 Å². The molecule has 0 aromatic rings. The number of alkyl halides is 3. The molecule has 0 unspecified atom stereocenters. The lowest BCUT2D eigenvalue weighted by Gasteiger charge is -2.37. The maximum Gasteiger partial charge on any atom is 0.411 e. The number of halogens is 3. The van der Waals surface area contributed by atoms with Crippen molar-refractivity contribution in [3.8, 4) is 0 Å². The Labute approximate surface area is 116 Å². The molecule has 1 saturated heterocycles. The molecule has 2 amide bonds. The van der Waals surface area contributed by atoms with E-state index in [1.54, 1.807) is 0 Å². The van der Waals surface area contributed by atoms with Crippen LogP contribution in [0.15, 0.2) is 0 Å². The number of amides is 2. The predicted octanol–water partition coefficient (Wildman–Crippen LogP) is 2.54. The zero-order valence-electron chi connectivity index (χ0n) is 11.4. The second kappa shape index (κ2) is 6.65. The Morgan fingerprint density at radius 3 is 2.75 bits per heavy atom. The molecule has 1 aliphatic heterocycles. The number of hydrogen-bond acceptors (Lipinski definition) is 2. The highest BCUT2D eigenvalue weighted by Gasteiger charge is 2.37. The van der Waals surface area contributed by atoms with Gasteiger partial charge in [0.25, 0.3) is 0 Å². The molecule has 1 saturated carbocycles. The molecule has 0 aromatic heterocycles. The van der Waals surface area contributed by atoms with Crippen LogP contribution in [0.3, 0.4) is 0 Å². The van der Waals surface area contributed by atoms with Gasteiger partial charge >= 0.3 is 12.2 Å². The topological polar surface area (TPSA) is 41.6 Å². The van der Waals surface area contributed by atoms with Gasteiger partial charge in [-0.25, -0.2) is 4.79 Å². The average molecular weight is 294 g/mol. The van der Waals surface area contributed by atoms with E-state index in [9.17, 15) is 18.0 Å². The third-order valence-electron chi connectivity index (χ3n) is 4.04. The number of nitrogens with zero attached hydrogens (tertiary/aromatic N) is 1. The zero-order chi connectivity index (χ0) is 14.6. The molecule has 0 bridgehead atoms. The van der Waals surface area contributed by atoms with Gasteiger partial charge in [-0.15, -0.1) is 0 Å². The minimum absolute atomic E-state index is 0.114. The van der Waals surface area contributed by atoms with Gasteiger partial charge in [0.1, 0.15) is 6.61 Å². The lowest BCUT2D eigenvalue weighted by atomic mass is 9.92. The number of nitrogens with one attached hydrogen (secondary N) is 1. The first-order valence-electron chi connectivity index (χ1n) is 7.16. The molecular formula is C13H21F3N2O2. The summed E-state index contributed by atoms with van der Waals surface area (Å²) in [6, 6.07) is 0.150. The van der Waals surface area contributed by atoms with Gasteiger partial charge in [0.05, 0.1) is 6.61 Å². The number of piperidine rings is 1. The van der Waals surface area contributed by atoms with Gasteiger partial charge in [0, 0.05) is 19.1 Å². The van der Waals surface area contributed by atoms with Crippen molar-refractivity contribution >= 4 is 6.03 Å². The third-order valence-corrected chi connectivity index (χ3v) is 4.04. The van der Waals surface area contributed by atoms with Crippen molar-refractivity contribution < 1.29 is 22.7 Å². The van der Waals surface area contributed by atoms with E-state index in [-0.39, 0.29) is 19.2 Å². The molecule has 20 heavy (non-hydrogen) atoms. The molecule has 1 aliphatic carbocycles. The van der Waals surface area contributed by atoms with Crippen LogP contribution in [-0.4, -0.2) is 49.5 Å². The lowest BCUT2D eigenvalue weighted by molar-refractivity contribution is -0.173. The molecule has 0 spiro atoms. The fraction of sp³-hybridized carbons (Fsp3) is 0.923. The van der Waals surface area contributed by atoms with E-state index in [1.165, 1.54) is 12.8 Å². The van der Waals surface area contributed by atoms with Gasteiger partial charge < -0.3 is 15.0 Å². The van der Waals surface area contributed by atoms with E-state index in [1.807, 2.05) is 4.90 Å². The first kappa shape index (κ1) is 15.4. The molecule has 2 fully saturated rings. The largest absolute Gasteiger partial charge is 0.411 e. The van der Waals surface area contributed by atoms with Gasteiger partial charge in [0.2, 0.25) is 0 Å². The molecule has 116 valence electrons. The summed E-state index contributed by atoms with van der Waals surface area (Å²) in [7, 11) is 0. The van der Waals surface area contributed by atoms with Crippen LogP contribution in [0, 0.1) is 5.92 Å². The van der Waals surface area contributed by atoms with Crippen LogP contribution in [0.4, 0.5) is 18.0 Å². The van der Waals surface area contributed by atoms with E-state index in [2.05, 4.69) is 10.1 Å². The number of rotatable bonds is 4. The Kier molecular flexibility index (Phi) is 5.12. The number of likely N-dealkylation sites (tertiary alicyclic amines) is 1. The molecule has 2 aliphatic rings. The van der Waals surface area contributed by atoms with E-state index >= 15 is 0 Å². The molecule has 1 N–H and O–H groups in total. The summed E-state index contributed by atoms with van der Waals surface area (Å²) in [6.07, 6.45) is 1.27. The van der Waals surface area contributed by atoms with Gasteiger partial charge in [-0.1, -0.05) is 6.42 Å². The minimum atomic E-state index is -4.31. The molecule has 0 aromatic carbocycles. The Hall–Kier alpha value is -0.980. The third kappa shape index (κ3) is 4.26. The van der Waals surface area contributed by atoms with Crippen LogP contribution in [0.5, 0.6) is 0 Å². The highest BCUT2D eigenvalue weighted by Crippen LogP contribution is 2.36. The summed E-state index contributed by atoms with van der Waals surface area (Å²) in [6.45, 7) is -0.524. The summed E-state index contributed by atoms with van der Waals surface area (Å²) >= 11 is 0. The molecule has 4 nitrogen and oxygen atoms in total. The fourth-order valence-electron chi connectivity index (χ4n) is 3.23. The van der Waals surface area contributed by atoms with Gasteiger partial charge in [-0.2, -0.15) is 13.2 Å². The van der Waals surface area contributed by atoms with E-state index in [0.29, 0.717) is 12.0 Å². The standard InChI is InChI=1S/C13H21F3N2O2/c14-13(15,16)9-20-8-6-17-12(19)18-7-2-4-10-3-1-5-11(10)18/h10-11H,1-9H2,(H,17,19)/t10-,11+/m1/s1. The summed E-state index contributed by atoms with van der Waals surface area (Å²) in [5.41, 5.74) is 0. The van der Waals surface area contributed by atoms with Gasteiger partial charge in [-0.05, 0) is 31.6 Å². The monoisotopic (exact) mass is 294 g/mol. The molecule has 2 atom stereocenters. The number of ether oxygens (including phenoxy) is 1. The fourth-order valence-corrected chi connectivity index (χ4v) is 3.23. The van der Waals surface area contributed by atoms with Crippen LogP contribution in [-0.2, 0) is 4.74 Å². The van der Waals surface area contributed by atoms with Crippen LogP contribution in [0.1, 0.15) is 32.1 Å². The van der Waals surface area contributed by atoms with E-state index in [0.717, 1.165) is 25.8 Å².